The number of carbonyl (C=O) groups is 2. The van der Waals surface area contributed by atoms with Gasteiger partial charge in [0.05, 0.1) is 23.2 Å². The highest BCUT2D eigenvalue weighted by atomic mass is 16.2. The lowest BCUT2D eigenvalue weighted by atomic mass is 9.93. The molecule has 0 bridgehead atoms. The molecule has 0 radical (unpaired) electrons. The van der Waals surface area contributed by atoms with E-state index in [4.69, 9.17) is 0 Å². The van der Waals surface area contributed by atoms with Crippen molar-refractivity contribution < 1.29 is 9.59 Å². The fourth-order valence-corrected chi connectivity index (χ4v) is 4.21. The predicted octanol–water partition coefficient (Wildman–Crippen LogP) is 2.66. The number of nitrogens with one attached hydrogen (secondary N) is 2. The smallest absolute Gasteiger partial charge is 0.273 e. The zero-order valence-electron chi connectivity index (χ0n) is 17.6. The van der Waals surface area contributed by atoms with E-state index in [9.17, 15) is 9.59 Å². The normalized spacial score (nSPS) is 15.4. The van der Waals surface area contributed by atoms with Gasteiger partial charge in [0.2, 0.25) is 0 Å². The highest BCUT2D eigenvalue weighted by molar-refractivity contribution is 6.05. The number of amides is 2. The molecule has 1 aliphatic rings. The quantitative estimate of drug-likeness (QED) is 0.522. The second-order valence-corrected chi connectivity index (χ2v) is 7.93. The summed E-state index contributed by atoms with van der Waals surface area (Å²) >= 11 is 0. The number of rotatable bonds is 4. The van der Waals surface area contributed by atoms with Crippen LogP contribution in [0, 0.1) is 6.92 Å². The molecule has 1 atom stereocenters. The van der Waals surface area contributed by atoms with E-state index in [-0.39, 0.29) is 17.9 Å². The number of H-pyrrole nitrogens is 1. The first kappa shape index (κ1) is 19.9. The van der Waals surface area contributed by atoms with Gasteiger partial charge in [0, 0.05) is 25.5 Å². The Morgan fingerprint density at radius 2 is 1.94 bits per heavy atom. The van der Waals surface area contributed by atoms with Crippen LogP contribution < -0.4 is 5.32 Å². The van der Waals surface area contributed by atoms with Crippen molar-refractivity contribution in [1.29, 1.82) is 0 Å². The van der Waals surface area contributed by atoms with E-state index in [0.717, 1.165) is 11.1 Å². The van der Waals surface area contributed by atoms with Crippen molar-refractivity contribution in [3.05, 3.63) is 89.0 Å². The van der Waals surface area contributed by atoms with E-state index >= 15 is 0 Å². The maximum Gasteiger partial charge on any atom is 0.273 e. The van der Waals surface area contributed by atoms with Gasteiger partial charge in [0.15, 0.2) is 5.65 Å². The molecule has 3 aromatic heterocycles. The Kier molecular flexibility index (Phi) is 5.10. The summed E-state index contributed by atoms with van der Waals surface area (Å²) < 4.78 is 0. The van der Waals surface area contributed by atoms with Crippen molar-refractivity contribution in [2.45, 2.75) is 25.9 Å². The highest BCUT2D eigenvalue weighted by Gasteiger charge is 2.32. The van der Waals surface area contributed by atoms with Crippen LogP contribution in [0.5, 0.6) is 0 Å². The third-order valence-corrected chi connectivity index (χ3v) is 5.93. The molecule has 8 nitrogen and oxygen atoms in total. The number of carbonyl (C=O) groups excluding carboxylic acids is 2. The Bertz CT molecular complexity index is 1310. The SMILES string of the molecule is Cc1cccnc1C(=O)N1Cc2ccccc2CC1CNC(=O)c1ccnc2[nH]ncc12. The van der Waals surface area contributed by atoms with Gasteiger partial charge >= 0.3 is 0 Å². The Hall–Kier alpha value is -4.07. The van der Waals surface area contributed by atoms with Gasteiger partial charge in [-0.3, -0.25) is 19.7 Å². The third-order valence-electron chi connectivity index (χ3n) is 5.93. The predicted molar refractivity (Wildman–Crippen MR) is 119 cm³/mol. The number of aromatic amines is 1. The van der Waals surface area contributed by atoms with E-state index in [1.807, 2.05) is 42.2 Å². The Morgan fingerprint density at radius 1 is 1.09 bits per heavy atom. The van der Waals surface area contributed by atoms with Crippen molar-refractivity contribution >= 4 is 22.8 Å². The minimum absolute atomic E-state index is 0.127. The summed E-state index contributed by atoms with van der Waals surface area (Å²) in [5.74, 6) is -0.350. The number of fused-ring (bicyclic) bond motifs is 2. The standard InChI is InChI=1S/C24H22N6O2/c1-15-5-4-9-25-21(15)24(32)30-14-17-7-3-2-6-16(17)11-18(30)12-27-23(31)19-8-10-26-22-20(19)13-28-29-22/h2-10,13,18H,11-12,14H2,1H3,(H,27,31)(H,26,28,29). The summed E-state index contributed by atoms with van der Waals surface area (Å²) in [7, 11) is 0. The van der Waals surface area contributed by atoms with Crippen LogP contribution in [0.4, 0.5) is 0 Å². The van der Waals surface area contributed by atoms with E-state index < -0.39 is 0 Å². The topological polar surface area (TPSA) is 104 Å². The van der Waals surface area contributed by atoms with Crippen molar-refractivity contribution in [3.8, 4) is 0 Å². The van der Waals surface area contributed by atoms with Gasteiger partial charge in [-0.05, 0) is 42.2 Å². The highest BCUT2D eigenvalue weighted by Crippen LogP contribution is 2.25. The molecule has 1 aliphatic heterocycles. The summed E-state index contributed by atoms with van der Waals surface area (Å²) in [4.78, 5) is 36.7. The third kappa shape index (κ3) is 3.60. The molecule has 0 spiro atoms. The molecule has 0 saturated carbocycles. The second-order valence-electron chi connectivity index (χ2n) is 7.93. The zero-order chi connectivity index (χ0) is 22.1. The number of aryl methyl sites for hydroxylation is 1. The van der Waals surface area contributed by atoms with Crippen LogP contribution in [0.15, 0.2) is 61.1 Å². The first-order valence-electron chi connectivity index (χ1n) is 10.5. The maximum atomic E-state index is 13.4. The fourth-order valence-electron chi connectivity index (χ4n) is 4.21. The Morgan fingerprint density at radius 3 is 2.78 bits per heavy atom. The Labute approximate surface area is 184 Å². The van der Waals surface area contributed by atoms with Gasteiger partial charge in [-0.25, -0.2) is 4.98 Å². The molecular weight excluding hydrogens is 404 g/mol. The minimum Gasteiger partial charge on any atom is -0.350 e. The molecule has 0 aliphatic carbocycles. The van der Waals surface area contributed by atoms with Crippen LogP contribution in [-0.4, -0.2) is 49.5 Å². The maximum absolute atomic E-state index is 13.4. The van der Waals surface area contributed by atoms with Gasteiger partial charge in [-0.1, -0.05) is 30.3 Å². The van der Waals surface area contributed by atoms with Gasteiger partial charge in [0.1, 0.15) is 5.69 Å². The summed E-state index contributed by atoms with van der Waals surface area (Å²) in [5.41, 5.74) is 4.64. The molecule has 2 N–H and O–H groups in total. The number of benzene rings is 1. The molecule has 0 saturated heterocycles. The second kappa shape index (κ2) is 8.22. The van der Waals surface area contributed by atoms with Crippen LogP contribution in [0.1, 0.15) is 37.5 Å². The fraction of sp³-hybridized carbons (Fsp3) is 0.208. The van der Waals surface area contributed by atoms with Gasteiger partial charge in [-0.15, -0.1) is 0 Å². The lowest BCUT2D eigenvalue weighted by molar-refractivity contribution is 0.0622. The van der Waals surface area contributed by atoms with Crippen LogP contribution in [0.25, 0.3) is 11.0 Å². The van der Waals surface area contributed by atoms with E-state index in [1.54, 1.807) is 24.7 Å². The molecule has 0 fully saturated rings. The first-order chi connectivity index (χ1) is 15.6. The van der Waals surface area contributed by atoms with Crippen LogP contribution in [-0.2, 0) is 13.0 Å². The van der Waals surface area contributed by atoms with Crippen molar-refractivity contribution in [1.82, 2.24) is 30.4 Å². The average molecular weight is 426 g/mol. The van der Waals surface area contributed by atoms with E-state index in [2.05, 4.69) is 31.5 Å². The van der Waals surface area contributed by atoms with Crippen molar-refractivity contribution in [2.75, 3.05) is 6.54 Å². The number of hydrogen-bond acceptors (Lipinski definition) is 5. The molecular formula is C24H22N6O2. The molecule has 1 aromatic carbocycles. The monoisotopic (exact) mass is 426 g/mol. The molecule has 4 heterocycles. The first-order valence-corrected chi connectivity index (χ1v) is 10.5. The van der Waals surface area contributed by atoms with E-state index in [0.29, 0.717) is 41.8 Å². The average Bonchev–Trinajstić information content (AvgIpc) is 3.31. The van der Waals surface area contributed by atoms with Gasteiger partial charge in [0.25, 0.3) is 11.8 Å². The molecule has 32 heavy (non-hydrogen) atoms. The van der Waals surface area contributed by atoms with Gasteiger partial charge in [-0.2, -0.15) is 5.10 Å². The Balaban J connectivity index is 1.41. The molecule has 8 heteroatoms. The number of hydrogen-bond donors (Lipinski definition) is 2. The van der Waals surface area contributed by atoms with Gasteiger partial charge < -0.3 is 10.2 Å². The lowest BCUT2D eigenvalue weighted by Crippen LogP contribution is -2.50. The molecule has 5 rings (SSSR count). The number of pyridine rings is 2. The summed E-state index contributed by atoms with van der Waals surface area (Å²) in [6, 6.07) is 13.3. The van der Waals surface area contributed by atoms with Crippen LogP contribution in [0.3, 0.4) is 0 Å². The van der Waals surface area contributed by atoms with Crippen LogP contribution in [0.2, 0.25) is 0 Å². The molecule has 4 aromatic rings. The summed E-state index contributed by atoms with van der Waals surface area (Å²) in [5, 5.41) is 10.4. The number of nitrogens with zero attached hydrogens (tertiary/aromatic N) is 4. The van der Waals surface area contributed by atoms with Crippen molar-refractivity contribution in [2.24, 2.45) is 0 Å². The molecule has 160 valence electrons. The minimum atomic E-state index is -0.223. The largest absolute Gasteiger partial charge is 0.350 e. The van der Waals surface area contributed by atoms with E-state index in [1.165, 1.54) is 5.56 Å². The summed E-state index contributed by atoms with van der Waals surface area (Å²) in [6.07, 6.45) is 5.46. The number of aromatic nitrogens is 4. The van der Waals surface area contributed by atoms with Crippen molar-refractivity contribution in [3.63, 3.8) is 0 Å². The van der Waals surface area contributed by atoms with Crippen LogP contribution >= 0.6 is 0 Å². The molecule has 1 unspecified atom stereocenters. The zero-order valence-corrected chi connectivity index (χ0v) is 17.6. The lowest BCUT2D eigenvalue weighted by Gasteiger charge is -2.37. The summed E-state index contributed by atoms with van der Waals surface area (Å²) in [6.45, 7) is 2.69. The molecule has 2 amide bonds.